The molecule has 1 aliphatic carbocycles. The minimum absolute atomic E-state index is 0.0232. The van der Waals surface area contributed by atoms with Crippen LogP contribution in [0.2, 0.25) is 0 Å². The Morgan fingerprint density at radius 3 is 2.25 bits per heavy atom. The summed E-state index contributed by atoms with van der Waals surface area (Å²) in [5, 5.41) is 8.59. The van der Waals surface area contributed by atoms with E-state index in [0.717, 1.165) is 5.56 Å². The molecule has 126 valence electrons. The Hall–Kier alpha value is -2.18. The van der Waals surface area contributed by atoms with Crippen molar-refractivity contribution in [3.8, 4) is 0 Å². The van der Waals surface area contributed by atoms with Gasteiger partial charge in [-0.05, 0) is 17.5 Å². The molecule has 0 aromatic heterocycles. The van der Waals surface area contributed by atoms with Crippen LogP contribution in [0.3, 0.4) is 0 Å². The minimum Gasteiger partial charge on any atom is -0.481 e. The highest BCUT2D eigenvalue weighted by Gasteiger charge is 2.48. The lowest BCUT2D eigenvalue weighted by Gasteiger charge is -2.17. The SMILES string of the molecule is O=C(O)CC(NS(=O)(=O)[C@@H]1C[C@H]1c1ccccc1)c1ccccc1. The van der Waals surface area contributed by atoms with E-state index in [-0.39, 0.29) is 12.3 Å². The molecular formula is C18H19NO4S. The lowest BCUT2D eigenvalue weighted by atomic mass is 10.1. The van der Waals surface area contributed by atoms with Crippen molar-refractivity contribution in [2.45, 2.75) is 30.1 Å². The molecule has 0 radical (unpaired) electrons. The molecule has 0 amide bonds. The van der Waals surface area contributed by atoms with E-state index in [1.54, 1.807) is 24.3 Å². The fourth-order valence-corrected chi connectivity index (χ4v) is 4.78. The van der Waals surface area contributed by atoms with Gasteiger partial charge in [0.25, 0.3) is 0 Å². The predicted octanol–water partition coefficient (Wildman–Crippen LogP) is 2.68. The number of sulfonamides is 1. The topological polar surface area (TPSA) is 83.5 Å². The van der Waals surface area contributed by atoms with Crippen molar-refractivity contribution in [3.05, 3.63) is 71.8 Å². The van der Waals surface area contributed by atoms with Crippen molar-refractivity contribution in [1.82, 2.24) is 4.72 Å². The van der Waals surface area contributed by atoms with Gasteiger partial charge in [0.1, 0.15) is 0 Å². The van der Waals surface area contributed by atoms with E-state index in [2.05, 4.69) is 4.72 Å². The number of aliphatic carboxylic acids is 1. The molecule has 24 heavy (non-hydrogen) atoms. The molecule has 2 aromatic rings. The van der Waals surface area contributed by atoms with Gasteiger partial charge < -0.3 is 5.11 Å². The molecule has 0 saturated heterocycles. The number of nitrogens with one attached hydrogen (secondary N) is 1. The zero-order valence-electron chi connectivity index (χ0n) is 13.0. The Kier molecular flexibility index (Phi) is 4.69. The van der Waals surface area contributed by atoms with Gasteiger partial charge in [0.15, 0.2) is 0 Å². The molecule has 0 spiro atoms. The Morgan fingerprint density at radius 1 is 1.08 bits per heavy atom. The summed E-state index contributed by atoms with van der Waals surface area (Å²) >= 11 is 0. The lowest BCUT2D eigenvalue weighted by molar-refractivity contribution is -0.137. The van der Waals surface area contributed by atoms with Crippen molar-refractivity contribution in [1.29, 1.82) is 0 Å². The van der Waals surface area contributed by atoms with Crippen LogP contribution in [0.5, 0.6) is 0 Å². The molecule has 1 unspecified atom stereocenters. The summed E-state index contributed by atoms with van der Waals surface area (Å²) in [6.45, 7) is 0. The standard InChI is InChI=1S/C18H19NO4S/c20-18(21)12-16(14-9-5-2-6-10-14)19-24(22,23)17-11-15(17)13-7-3-1-4-8-13/h1-10,15-17,19H,11-12H2,(H,20,21)/t15-,16?,17+/m0/s1. The first kappa shape index (κ1) is 16.7. The Bertz CT molecular complexity index is 805. The number of hydrogen-bond donors (Lipinski definition) is 2. The van der Waals surface area contributed by atoms with Gasteiger partial charge in [0.2, 0.25) is 10.0 Å². The van der Waals surface area contributed by atoms with Gasteiger partial charge in [-0.15, -0.1) is 0 Å². The molecule has 5 nitrogen and oxygen atoms in total. The maximum atomic E-state index is 12.6. The number of benzene rings is 2. The van der Waals surface area contributed by atoms with Crippen LogP contribution in [0, 0.1) is 0 Å². The van der Waals surface area contributed by atoms with Crippen molar-refractivity contribution in [3.63, 3.8) is 0 Å². The predicted molar refractivity (Wildman–Crippen MR) is 91.1 cm³/mol. The molecule has 3 rings (SSSR count). The Morgan fingerprint density at radius 2 is 1.67 bits per heavy atom. The monoisotopic (exact) mass is 345 g/mol. The van der Waals surface area contributed by atoms with Crippen LogP contribution < -0.4 is 4.72 Å². The maximum absolute atomic E-state index is 12.6. The highest BCUT2D eigenvalue weighted by molar-refractivity contribution is 7.90. The normalized spacial score (nSPS) is 21.2. The largest absolute Gasteiger partial charge is 0.481 e. The minimum atomic E-state index is -3.59. The zero-order chi connectivity index (χ0) is 17.2. The highest BCUT2D eigenvalue weighted by atomic mass is 32.2. The summed E-state index contributed by atoms with van der Waals surface area (Å²) in [5.41, 5.74) is 1.66. The highest BCUT2D eigenvalue weighted by Crippen LogP contribution is 2.45. The second-order valence-corrected chi connectivity index (χ2v) is 7.95. The first-order chi connectivity index (χ1) is 11.5. The molecule has 6 heteroatoms. The molecule has 0 aliphatic heterocycles. The third kappa shape index (κ3) is 3.83. The van der Waals surface area contributed by atoms with Gasteiger partial charge in [-0.1, -0.05) is 60.7 Å². The molecule has 3 atom stereocenters. The summed E-state index contributed by atoms with van der Waals surface area (Å²) in [7, 11) is -3.59. The molecule has 0 heterocycles. The number of rotatable bonds is 7. The summed E-state index contributed by atoms with van der Waals surface area (Å²) in [5.74, 6) is -1.06. The van der Waals surface area contributed by atoms with Gasteiger partial charge in [-0.2, -0.15) is 0 Å². The van der Waals surface area contributed by atoms with Crippen molar-refractivity contribution in [2.24, 2.45) is 0 Å². The average molecular weight is 345 g/mol. The smallest absolute Gasteiger partial charge is 0.305 e. The third-order valence-electron chi connectivity index (χ3n) is 4.25. The molecule has 1 fully saturated rings. The van der Waals surface area contributed by atoms with Crippen LogP contribution in [0.1, 0.15) is 35.9 Å². The summed E-state index contributed by atoms with van der Waals surface area (Å²) in [6, 6.07) is 17.6. The molecular weight excluding hydrogens is 326 g/mol. The van der Waals surface area contributed by atoms with Gasteiger partial charge >= 0.3 is 5.97 Å². The number of carbonyl (C=O) groups is 1. The zero-order valence-corrected chi connectivity index (χ0v) is 13.8. The van der Waals surface area contributed by atoms with Crippen LogP contribution in [-0.4, -0.2) is 24.7 Å². The van der Waals surface area contributed by atoms with Crippen LogP contribution in [0.4, 0.5) is 0 Å². The molecule has 2 N–H and O–H groups in total. The van der Waals surface area contributed by atoms with E-state index in [9.17, 15) is 13.2 Å². The summed E-state index contributed by atoms with van der Waals surface area (Å²) in [4.78, 5) is 11.1. The van der Waals surface area contributed by atoms with E-state index in [4.69, 9.17) is 5.11 Å². The average Bonchev–Trinajstić information content (AvgIpc) is 3.37. The van der Waals surface area contributed by atoms with Crippen molar-refractivity contribution >= 4 is 16.0 Å². The Labute approximate surface area is 141 Å². The Balaban J connectivity index is 1.76. The van der Waals surface area contributed by atoms with E-state index in [0.29, 0.717) is 12.0 Å². The van der Waals surface area contributed by atoms with Gasteiger partial charge in [0, 0.05) is 5.92 Å². The fraction of sp³-hybridized carbons (Fsp3) is 0.278. The number of carboxylic acids is 1. The second kappa shape index (κ2) is 6.75. The van der Waals surface area contributed by atoms with E-state index >= 15 is 0 Å². The number of carboxylic acid groups (broad SMARTS) is 1. The van der Waals surface area contributed by atoms with Gasteiger partial charge in [-0.3, -0.25) is 4.79 Å². The van der Waals surface area contributed by atoms with E-state index in [1.807, 2.05) is 36.4 Å². The molecule has 2 aromatic carbocycles. The van der Waals surface area contributed by atoms with Crippen LogP contribution >= 0.6 is 0 Å². The third-order valence-corrected chi connectivity index (χ3v) is 6.18. The van der Waals surface area contributed by atoms with Crippen molar-refractivity contribution in [2.75, 3.05) is 0 Å². The van der Waals surface area contributed by atoms with E-state index < -0.39 is 27.3 Å². The van der Waals surface area contributed by atoms with Gasteiger partial charge in [-0.25, -0.2) is 13.1 Å². The summed E-state index contributed by atoms with van der Waals surface area (Å²) in [6.07, 6.45) is 0.278. The molecule has 1 saturated carbocycles. The van der Waals surface area contributed by atoms with E-state index in [1.165, 1.54) is 0 Å². The van der Waals surface area contributed by atoms with Crippen LogP contribution in [0.25, 0.3) is 0 Å². The second-order valence-electron chi connectivity index (χ2n) is 6.02. The number of hydrogen-bond acceptors (Lipinski definition) is 3. The first-order valence-electron chi connectivity index (χ1n) is 7.80. The lowest BCUT2D eigenvalue weighted by Crippen LogP contribution is -2.33. The quantitative estimate of drug-likeness (QED) is 0.808. The maximum Gasteiger partial charge on any atom is 0.305 e. The van der Waals surface area contributed by atoms with Crippen LogP contribution in [-0.2, 0) is 14.8 Å². The molecule has 1 aliphatic rings. The van der Waals surface area contributed by atoms with Crippen LogP contribution in [0.15, 0.2) is 60.7 Å². The fourth-order valence-electron chi connectivity index (χ4n) is 2.94. The first-order valence-corrected chi connectivity index (χ1v) is 9.35. The van der Waals surface area contributed by atoms with Crippen molar-refractivity contribution < 1.29 is 18.3 Å². The summed E-state index contributed by atoms with van der Waals surface area (Å²) < 4.78 is 27.9. The molecule has 0 bridgehead atoms. The van der Waals surface area contributed by atoms with Gasteiger partial charge in [0.05, 0.1) is 17.7 Å².